The molecule has 8 heteroatoms. The fourth-order valence-electron chi connectivity index (χ4n) is 3.25. The lowest BCUT2D eigenvalue weighted by atomic mass is 9.88. The number of halogens is 3. The summed E-state index contributed by atoms with van der Waals surface area (Å²) in [5.41, 5.74) is 3.24. The Balaban J connectivity index is 1.99. The first-order valence-corrected chi connectivity index (χ1v) is 8.69. The van der Waals surface area contributed by atoms with Crippen molar-refractivity contribution in [3.05, 3.63) is 59.7 Å². The number of nitrogens with two attached hydrogens (primary N) is 1. The lowest BCUT2D eigenvalue weighted by Crippen LogP contribution is -2.63. The van der Waals surface area contributed by atoms with Crippen LogP contribution in [0.1, 0.15) is 18.1 Å². The standard InChI is InChI=1S/C20H21F3N2O3/c1-13-12-28-19(20(21,22)23,15-5-7-16(24)8-6-15)18(26)25(13)11-14-3-9-17(27-2)10-4-14/h3-10,13H,11-12,24H2,1-2H3/t13?,19-/m0/s1. The van der Waals surface area contributed by atoms with Gasteiger partial charge in [0.1, 0.15) is 5.75 Å². The zero-order chi connectivity index (χ0) is 20.5. The summed E-state index contributed by atoms with van der Waals surface area (Å²) in [5, 5.41) is 0. The van der Waals surface area contributed by atoms with Crippen LogP contribution in [0.25, 0.3) is 0 Å². The van der Waals surface area contributed by atoms with E-state index in [9.17, 15) is 18.0 Å². The first kappa shape index (κ1) is 20.0. The zero-order valence-electron chi connectivity index (χ0n) is 15.5. The van der Waals surface area contributed by atoms with Crippen molar-refractivity contribution in [2.24, 2.45) is 0 Å². The first-order chi connectivity index (χ1) is 13.2. The maximum atomic E-state index is 14.2. The van der Waals surface area contributed by atoms with E-state index < -0.39 is 23.7 Å². The number of hydrogen-bond acceptors (Lipinski definition) is 4. The van der Waals surface area contributed by atoms with Gasteiger partial charge in [0.2, 0.25) is 0 Å². The maximum absolute atomic E-state index is 14.2. The van der Waals surface area contributed by atoms with Crippen LogP contribution >= 0.6 is 0 Å². The van der Waals surface area contributed by atoms with Crippen molar-refractivity contribution >= 4 is 11.6 Å². The Bertz CT molecular complexity index is 837. The van der Waals surface area contributed by atoms with Gasteiger partial charge in [0, 0.05) is 17.8 Å². The molecule has 0 aromatic heterocycles. The second kappa shape index (κ2) is 7.35. The summed E-state index contributed by atoms with van der Waals surface area (Å²) in [7, 11) is 1.52. The Morgan fingerprint density at radius 2 is 1.79 bits per heavy atom. The summed E-state index contributed by atoms with van der Waals surface area (Å²) in [5.74, 6) is -0.518. The number of ether oxygens (including phenoxy) is 2. The summed E-state index contributed by atoms with van der Waals surface area (Å²) in [6, 6.07) is 11.3. The largest absolute Gasteiger partial charge is 0.497 e. The molecule has 5 nitrogen and oxygen atoms in total. The number of carbonyl (C=O) groups is 1. The van der Waals surface area contributed by atoms with Crippen molar-refractivity contribution in [2.75, 3.05) is 19.5 Å². The third-order valence-electron chi connectivity index (χ3n) is 4.86. The van der Waals surface area contributed by atoms with Gasteiger partial charge >= 0.3 is 6.18 Å². The van der Waals surface area contributed by atoms with Gasteiger partial charge in [-0.3, -0.25) is 4.79 Å². The highest BCUT2D eigenvalue weighted by Crippen LogP contribution is 2.46. The van der Waals surface area contributed by atoms with Gasteiger partial charge in [0.15, 0.2) is 0 Å². The molecule has 1 amide bonds. The maximum Gasteiger partial charge on any atom is 0.430 e. The third-order valence-corrected chi connectivity index (χ3v) is 4.86. The van der Waals surface area contributed by atoms with Crippen molar-refractivity contribution in [3.8, 4) is 5.75 Å². The first-order valence-electron chi connectivity index (χ1n) is 8.69. The number of alkyl halides is 3. The molecule has 1 unspecified atom stereocenters. The quantitative estimate of drug-likeness (QED) is 0.807. The van der Waals surface area contributed by atoms with Crippen LogP contribution in [-0.4, -0.2) is 36.7 Å². The zero-order valence-corrected chi connectivity index (χ0v) is 15.5. The number of morpholine rings is 1. The van der Waals surface area contributed by atoms with E-state index in [4.69, 9.17) is 15.2 Å². The van der Waals surface area contributed by atoms with Crippen LogP contribution in [0.2, 0.25) is 0 Å². The van der Waals surface area contributed by atoms with Crippen LogP contribution in [0.5, 0.6) is 5.75 Å². The summed E-state index contributed by atoms with van der Waals surface area (Å²) < 4.78 is 52.7. The van der Waals surface area contributed by atoms with Crippen molar-refractivity contribution < 1.29 is 27.4 Å². The van der Waals surface area contributed by atoms with E-state index in [0.717, 1.165) is 0 Å². The summed E-state index contributed by atoms with van der Waals surface area (Å²) in [6.07, 6.45) is -4.93. The molecule has 150 valence electrons. The van der Waals surface area contributed by atoms with Crippen LogP contribution in [0.15, 0.2) is 48.5 Å². The Kier molecular flexibility index (Phi) is 5.25. The minimum atomic E-state index is -4.93. The van der Waals surface area contributed by atoms with Gasteiger partial charge in [-0.1, -0.05) is 24.3 Å². The predicted octanol–water partition coefficient (Wildman–Crippen LogP) is 3.48. The van der Waals surface area contributed by atoms with Crippen molar-refractivity contribution in [3.63, 3.8) is 0 Å². The molecule has 1 fully saturated rings. The van der Waals surface area contributed by atoms with Crippen molar-refractivity contribution in [1.82, 2.24) is 4.90 Å². The number of carbonyl (C=O) groups excluding carboxylic acids is 1. The molecule has 1 heterocycles. The average Bonchev–Trinajstić information content (AvgIpc) is 2.66. The van der Waals surface area contributed by atoms with E-state index >= 15 is 0 Å². The van der Waals surface area contributed by atoms with Crippen molar-refractivity contribution in [1.29, 1.82) is 0 Å². The minimum absolute atomic E-state index is 0.0279. The summed E-state index contributed by atoms with van der Waals surface area (Å²) in [4.78, 5) is 14.3. The molecule has 28 heavy (non-hydrogen) atoms. The molecule has 2 atom stereocenters. The molecule has 0 spiro atoms. The highest BCUT2D eigenvalue weighted by atomic mass is 19.4. The summed E-state index contributed by atoms with van der Waals surface area (Å²) in [6.45, 7) is 1.44. The molecule has 0 saturated carbocycles. The van der Waals surface area contributed by atoms with Gasteiger partial charge in [-0.15, -0.1) is 0 Å². The van der Waals surface area contributed by atoms with Crippen LogP contribution in [-0.2, 0) is 21.7 Å². The predicted molar refractivity (Wildman–Crippen MR) is 97.5 cm³/mol. The van der Waals surface area contributed by atoms with Crippen molar-refractivity contribution in [2.45, 2.75) is 31.3 Å². The molecule has 1 saturated heterocycles. The van der Waals surface area contributed by atoms with Gasteiger partial charge in [-0.2, -0.15) is 13.2 Å². The smallest absolute Gasteiger partial charge is 0.430 e. The molecule has 2 aromatic carbocycles. The Hall–Kier alpha value is -2.74. The van der Waals surface area contributed by atoms with E-state index in [1.54, 1.807) is 31.2 Å². The number of benzene rings is 2. The molecule has 2 N–H and O–H groups in total. The van der Waals surface area contributed by atoms with E-state index in [1.807, 2.05) is 0 Å². The lowest BCUT2D eigenvalue weighted by Gasteiger charge is -2.45. The number of rotatable bonds is 4. The fourth-order valence-corrected chi connectivity index (χ4v) is 3.25. The van der Waals surface area contributed by atoms with Crippen LogP contribution in [0.3, 0.4) is 0 Å². The number of methoxy groups -OCH3 is 1. The fraction of sp³-hybridized carbons (Fsp3) is 0.350. The van der Waals surface area contributed by atoms with E-state index in [2.05, 4.69) is 0 Å². The van der Waals surface area contributed by atoms with Gasteiger partial charge in [-0.05, 0) is 36.8 Å². The number of amides is 1. The van der Waals surface area contributed by atoms with Gasteiger partial charge in [0.25, 0.3) is 11.5 Å². The SMILES string of the molecule is COc1ccc(CN2C(=O)[C@@](c3ccc(N)cc3)(C(F)(F)F)OCC2C)cc1. The number of nitrogens with zero attached hydrogens (tertiary/aromatic N) is 1. The highest BCUT2D eigenvalue weighted by molar-refractivity contribution is 5.88. The molecular weight excluding hydrogens is 373 g/mol. The van der Waals surface area contributed by atoms with Crippen LogP contribution in [0.4, 0.5) is 18.9 Å². The van der Waals surface area contributed by atoms with E-state index in [1.165, 1.54) is 36.3 Å². The topological polar surface area (TPSA) is 64.8 Å². The molecule has 3 rings (SSSR count). The van der Waals surface area contributed by atoms with Gasteiger partial charge in [0.05, 0.1) is 19.8 Å². The molecular formula is C20H21F3N2O3. The average molecular weight is 394 g/mol. The number of anilines is 1. The molecule has 0 aliphatic carbocycles. The number of nitrogen functional groups attached to an aromatic ring is 1. The highest BCUT2D eigenvalue weighted by Gasteiger charge is 2.66. The van der Waals surface area contributed by atoms with Crippen LogP contribution in [0, 0.1) is 0 Å². The third kappa shape index (κ3) is 3.40. The van der Waals surface area contributed by atoms with Gasteiger partial charge < -0.3 is 20.1 Å². The van der Waals surface area contributed by atoms with Gasteiger partial charge in [-0.25, -0.2) is 0 Å². The molecule has 1 aliphatic rings. The minimum Gasteiger partial charge on any atom is -0.497 e. The second-order valence-corrected chi connectivity index (χ2v) is 6.74. The Morgan fingerprint density at radius 1 is 1.18 bits per heavy atom. The molecule has 2 aromatic rings. The number of hydrogen-bond donors (Lipinski definition) is 1. The Labute approximate surface area is 160 Å². The second-order valence-electron chi connectivity index (χ2n) is 6.74. The van der Waals surface area contributed by atoms with E-state index in [-0.39, 0.29) is 18.7 Å². The Morgan fingerprint density at radius 3 is 2.32 bits per heavy atom. The van der Waals surface area contributed by atoms with E-state index in [0.29, 0.717) is 17.0 Å². The normalized spacial score (nSPS) is 23.0. The molecule has 0 radical (unpaired) electrons. The molecule has 1 aliphatic heterocycles. The summed E-state index contributed by atoms with van der Waals surface area (Å²) >= 11 is 0. The lowest BCUT2D eigenvalue weighted by molar-refractivity contribution is -0.292. The molecule has 0 bridgehead atoms. The van der Waals surface area contributed by atoms with Crippen LogP contribution < -0.4 is 10.5 Å². The monoisotopic (exact) mass is 394 g/mol.